The highest BCUT2D eigenvalue weighted by Crippen LogP contribution is 2.16. The van der Waals surface area contributed by atoms with Gasteiger partial charge in [-0.25, -0.2) is 9.37 Å². The first-order valence-corrected chi connectivity index (χ1v) is 7.96. The second-order valence-corrected chi connectivity index (χ2v) is 5.95. The van der Waals surface area contributed by atoms with Crippen LogP contribution < -0.4 is 5.32 Å². The molecule has 0 aliphatic heterocycles. The first-order chi connectivity index (χ1) is 11.5. The Morgan fingerprint density at radius 2 is 2.04 bits per heavy atom. The summed E-state index contributed by atoms with van der Waals surface area (Å²) in [5.74, 6) is 0.643. The van der Waals surface area contributed by atoms with Gasteiger partial charge in [-0.2, -0.15) is 0 Å². The zero-order valence-electron chi connectivity index (χ0n) is 13.8. The molecule has 1 N–H and O–H groups in total. The summed E-state index contributed by atoms with van der Waals surface area (Å²) in [6.07, 6.45) is 0.871. The van der Waals surface area contributed by atoms with Gasteiger partial charge in [-0.3, -0.25) is 4.79 Å². The van der Waals surface area contributed by atoms with E-state index in [1.54, 1.807) is 6.07 Å². The summed E-state index contributed by atoms with van der Waals surface area (Å²) in [6, 6.07) is 12.4. The fourth-order valence-electron chi connectivity index (χ4n) is 2.72. The topological polar surface area (TPSA) is 46.9 Å². The number of nitrogens with zero attached hydrogens (tertiary/aromatic N) is 2. The number of aryl methyl sites for hydroxylation is 3. The average Bonchev–Trinajstić information content (AvgIpc) is 2.85. The standard InChI is InChI=1S/C19H20FN3O/c1-13-22-17-11-15(6-8-18(17)23(13)2)12-21-19(24)9-7-14-4-3-5-16(20)10-14/h3-6,8,10-11H,7,9,12H2,1-2H3,(H,21,24). The molecule has 1 amide bonds. The smallest absolute Gasteiger partial charge is 0.220 e. The number of aromatic nitrogens is 2. The number of carbonyl (C=O) groups excluding carboxylic acids is 1. The van der Waals surface area contributed by atoms with Gasteiger partial charge in [-0.1, -0.05) is 18.2 Å². The van der Waals surface area contributed by atoms with E-state index in [0.29, 0.717) is 19.4 Å². The fourth-order valence-corrected chi connectivity index (χ4v) is 2.72. The van der Waals surface area contributed by atoms with E-state index < -0.39 is 0 Å². The van der Waals surface area contributed by atoms with Gasteiger partial charge in [0.2, 0.25) is 5.91 Å². The fraction of sp³-hybridized carbons (Fsp3) is 0.263. The Morgan fingerprint density at radius 3 is 2.83 bits per heavy atom. The number of amides is 1. The van der Waals surface area contributed by atoms with Crippen molar-refractivity contribution in [2.45, 2.75) is 26.3 Å². The number of halogens is 1. The second kappa shape index (κ2) is 6.83. The number of hydrogen-bond acceptors (Lipinski definition) is 2. The minimum absolute atomic E-state index is 0.0449. The minimum Gasteiger partial charge on any atom is -0.352 e. The van der Waals surface area contributed by atoms with Crippen LogP contribution in [0.2, 0.25) is 0 Å². The van der Waals surface area contributed by atoms with Gasteiger partial charge < -0.3 is 9.88 Å². The van der Waals surface area contributed by atoms with Crippen LogP contribution in [0.5, 0.6) is 0 Å². The molecule has 2 aromatic carbocycles. The molecule has 0 spiro atoms. The van der Waals surface area contributed by atoms with Crippen molar-refractivity contribution in [2.24, 2.45) is 7.05 Å². The third-order valence-corrected chi connectivity index (χ3v) is 4.19. The number of nitrogens with one attached hydrogen (secondary N) is 1. The van der Waals surface area contributed by atoms with E-state index in [1.165, 1.54) is 12.1 Å². The molecular formula is C19H20FN3O. The van der Waals surface area contributed by atoms with Crippen molar-refractivity contribution in [1.82, 2.24) is 14.9 Å². The lowest BCUT2D eigenvalue weighted by Crippen LogP contribution is -2.23. The van der Waals surface area contributed by atoms with Crippen molar-refractivity contribution in [3.8, 4) is 0 Å². The molecule has 124 valence electrons. The highest BCUT2D eigenvalue weighted by atomic mass is 19.1. The van der Waals surface area contributed by atoms with Crippen molar-refractivity contribution in [3.63, 3.8) is 0 Å². The number of hydrogen-bond donors (Lipinski definition) is 1. The Kier molecular flexibility index (Phi) is 4.60. The van der Waals surface area contributed by atoms with Crippen molar-refractivity contribution in [1.29, 1.82) is 0 Å². The van der Waals surface area contributed by atoms with Crippen molar-refractivity contribution < 1.29 is 9.18 Å². The Balaban J connectivity index is 1.56. The van der Waals surface area contributed by atoms with Crippen LogP contribution in [-0.2, 0) is 24.8 Å². The number of rotatable bonds is 5. The van der Waals surface area contributed by atoms with Gasteiger partial charge in [0.25, 0.3) is 0 Å². The second-order valence-electron chi connectivity index (χ2n) is 5.95. The normalized spacial score (nSPS) is 11.0. The monoisotopic (exact) mass is 325 g/mol. The largest absolute Gasteiger partial charge is 0.352 e. The van der Waals surface area contributed by atoms with E-state index >= 15 is 0 Å². The molecule has 0 fully saturated rings. The summed E-state index contributed by atoms with van der Waals surface area (Å²) in [6.45, 7) is 2.43. The molecule has 0 unspecified atom stereocenters. The van der Waals surface area contributed by atoms with E-state index in [9.17, 15) is 9.18 Å². The SMILES string of the molecule is Cc1nc2cc(CNC(=O)CCc3cccc(F)c3)ccc2n1C. The molecule has 0 saturated carbocycles. The molecule has 0 aliphatic rings. The molecule has 5 heteroatoms. The first kappa shape index (κ1) is 16.2. The van der Waals surface area contributed by atoms with Gasteiger partial charge in [0, 0.05) is 20.0 Å². The highest BCUT2D eigenvalue weighted by Gasteiger charge is 2.07. The van der Waals surface area contributed by atoms with Gasteiger partial charge >= 0.3 is 0 Å². The maximum Gasteiger partial charge on any atom is 0.220 e. The number of imidazole rings is 1. The van der Waals surface area contributed by atoms with Crippen LogP contribution in [0.3, 0.4) is 0 Å². The minimum atomic E-state index is -0.271. The van der Waals surface area contributed by atoms with E-state index in [-0.39, 0.29) is 11.7 Å². The summed E-state index contributed by atoms with van der Waals surface area (Å²) in [5.41, 5.74) is 3.85. The molecule has 3 aromatic rings. The van der Waals surface area contributed by atoms with E-state index in [1.807, 2.05) is 42.8 Å². The Hall–Kier alpha value is -2.69. The van der Waals surface area contributed by atoms with Crippen LogP contribution in [0.4, 0.5) is 4.39 Å². The zero-order valence-corrected chi connectivity index (χ0v) is 13.8. The lowest BCUT2D eigenvalue weighted by Gasteiger charge is -2.06. The Bertz CT molecular complexity index is 885. The lowest BCUT2D eigenvalue weighted by molar-refractivity contribution is -0.121. The predicted octanol–water partition coefficient (Wildman–Crippen LogP) is 3.27. The molecule has 0 aliphatic carbocycles. The van der Waals surface area contributed by atoms with Gasteiger partial charge in [0.15, 0.2) is 0 Å². The number of fused-ring (bicyclic) bond motifs is 1. The van der Waals surface area contributed by atoms with Crippen LogP contribution in [0, 0.1) is 12.7 Å². The van der Waals surface area contributed by atoms with Crippen LogP contribution >= 0.6 is 0 Å². The maximum absolute atomic E-state index is 13.1. The maximum atomic E-state index is 13.1. The molecule has 3 rings (SSSR count). The van der Waals surface area contributed by atoms with Gasteiger partial charge in [0.1, 0.15) is 11.6 Å². The predicted molar refractivity (Wildman–Crippen MR) is 92.0 cm³/mol. The van der Waals surface area contributed by atoms with Crippen LogP contribution in [-0.4, -0.2) is 15.5 Å². The zero-order chi connectivity index (χ0) is 17.1. The summed E-state index contributed by atoms with van der Waals surface area (Å²) < 4.78 is 15.1. The Morgan fingerprint density at radius 1 is 1.21 bits per heavy atom. The third-order valence-electron chi connectivity index (χ3n) is 4.19. The summed E-state index contributed by atoms with van der Waals surface area (Å²) >= 11 is 0. The van der Waals surface area contributed by atoms with Crippen molar-refractivity contribution >= 4 is 16.9 Å². The van der Waals surface area contributed by atoms with Crippen molar-refractivity contribution in [3.05, 3.63) is 65.2 Å². The lowest BCUT2D eigenvalue weighted by atomic mass is 10.1. The molecule has 1 heterocycles. The summed E-state index contributed by atoms with van der Waals surface area (Å²) in [5, 5.41) is 2.90. The Labute approximate surface area is 140 Å². The van der Waals surface area contributed by atoms with E-state index in [2.05, 4.69) is 10.3 Å². The van der Waals surface area contributed by atoms with Gasteiger partial charge in [0.05, 0.1) is 11.0 Å². The van der Waals surface area contributed by atoms with Gasteiger partial charge in [-0.15, -0.1) is 0 Å². The number of benzene rings is 2. The van der Waals surface area contributed by atoms with E-state index in [0.717, 1.165) is 28.0 Å². The average molecular weight is 325 g/mol. The highest BCUT2D eigenvalue weighted by molar-refractivity contribution is 5.78. The molecule has 0 bridgehead atoms. The summed E-state index contributed by atoms with van der Waals surface area (Å²) in [4.78, 5) is 16.5. The molecule has 0 atom stereocenters. The quantitative estimate of drug-likeness (QED) is 0.782. The molecule has 24 heavy (non-hydrogen) atoms. The molecule has 0 saturated heterocycles. The molecular weight excluding hydrogens is 305 g/mol. The van der Waals surface area contributed by atoms with Crippen LogP contribution in [0.1, 0.15) is 23.4 Å². The first-order valence-electron chi connectivity index (χ1n) is 7.96. The third kappa shape index (κ3) is 3.62. The van der Waals surface area contributed by atoms with Gasteiger partial charge in [-0.05, 0) is 48.7 Å². The van der Waals surface area contributed by atoms with E-state index in [4.69, 9.17) is 0 Å². The van der Waals surface area contributed by atoms with Crippen LogP contribution in [0.25, 0.3) is 11.0 Å². The molecule has 4 nitrogen and oxygen atoms in total. The molecule has 1 aromatic heterocycles. The molecule has 0 radical (unpaired) electrons. The van der Waals surface area contributed by atoms with Crippen molar-refractivity contribution in [2.75, 3.05) is 0 Å². The van der Waals surface area contributed by atoms with Crippen LogP contribution in [0.15, 0.2) is 42.5 Å². The number of carbonyl (C=O) groups is 1. The summed E-state index contributed by atoms with van der Waals surface area (Å²) in [7, 11) is 1.98.